The second-order valence-electron chi connectivity index (χ2n) is 3.70. The molecule has 1 aromatic carbocycles. The molecule has 2 N–H and O–H groups in total. The van der Waals surface area contributed by atoms with E-state index >= 15 is 0 Å². The minimum absolute atomic E-state index is 0.372. The van der Waals surface area contributed by atoms with Gasteiger partial charge in [-0.2, -0.15) is 5.10 Å². The molecule has 0 amide bonds. The van der Waals surface area contributed by atoms with E-state index in [0.29, 0.717) is 11.6 Å². The highest BCUT2D eigenvalue weighted by Crippen LogP contribution is 2.14. The zero-order valence-corrected chi connectivity index (χ0v) is 10.3. The van der Waals surface area contributed by atoms with Crippen molar-refractivity contribution >= 4 is 17.2 Å². The minimum atomic E-state index is 0.372. The van der Waals surface area contributed by atoms with Gasteiger partial charge in [-0.15, -0.1) is 0 Å². The van der Waals surface area contributed by atoms with Gasteiger partial charge in [0.25, 0.3) is 0 Å². The van der Waals surface area contributed by atoms with Crippen LogP contribution >= 0.6 is 12.2 Å². The van der Waals surface area contributed by atoms with Gasteiger partial charge in [-0.05, 0) is 12.1 Å². The molecule has 88 valence electrons. The van der Waals surface area contributed by atoms with Crippen LogP contribution in [0.4, 0.5) is 0 Å². The Kier molecular flexibility index (Phi) is 3.39. The maximum atomic E-state index is 5.63. The molecule has 4 nitrogen and oxygen atoms in total. The molecule has 0 spiro atoms. The van der Waals surface area contributed by atoms with Crippen molar-refractivity contribution in [1.82, 2.24) is 9.78 Å². The zero-order valence-electron chi connectivity index (χ0n) is 9.46. The van der Waals surface area contributed by atoms with Gasteiger partial charge in [0.15, 0.2) is 0 Å². The molecule has 0 aliphatic rings. The second kappa shape index (κ2) is 4.97. The smallest absolute Gasteiger partial charge is 0.120 e. The lowest BCUT2D eigenvalue weighted by molar-refractivity contribution is 0.306. The predicted molar refractivity (Wildman–Crippen MR) is 69.9 cm³/mol. The molecular weight excluding hydrogens is 234 g/mol. The maximum absolute atomic E-state index is 5.63. The van der Waals surface area contributed by atoms with Crippen molar-refractivity contribution in [2.24, 2.45) is 12.8 Å². The fraction of sp³-hybridized carbons (Fsp3) is 0.167. The average Bonchev–Trinajstić information content (AvgIpc) is 2.73. The summed E-state index contributed by atoms with van der Waals surface area (Å²) in [5.41, 5.74) is 7.39. The van der Waals surface area contributed by atoms with E-state index in [1.807, 2.05) is 37.5 Å². The first-order valence-corrected chi connectivity index (χ1v) is 5.56. The van der Waals surface area contributed by atoms with E-state index in [0.717, 1.165) is 16.9 Å². The summed E-state index contributed by atoms with van der Waals surface area (Å²) in [5.74, 6) is 0.749. The Hall–Kier alpha value is -1.88. The van der Waals surface area contributed by atoms with Crippen molar-refractivity contribution < 1.29 is 4.74 Å². The van der Waals surface area contributed by atoms with E-state index in [2.05, 4.69) is 5.10 Å². The molecule has 0 unspecified atom stereocenters. The summed E-state index contributed by atoms with van der Waals surface area (Å²) in [4.78, 5) is 0.372. The molecule has 0 bridgehead atoms. The number of aromatic nitrogens is 2. The molecule has 2 aromatic rings. The van der Waals surface area contributed by atoms with Crippen LogP contribution in [0.2, 0.25) is 0 Å². The number of hydrogen-bond acceptors (Lipinski definition) is 3. The lowest BCUT2D eigenvalue weighted by atomic mass is 10.2. The SMILES string of the molecule is Cn1cc(COc2cccc(C(N)=S)c2)cn1. The first kappa shape index (κ1) is 11.6. The number of benzene rings is 1. The Bertz CT molecular complexity index is 536. The van der Waals surface area contributed by atoms with Crippen LogP contribution in [-0.4, -0.2) is 14.8 Å². The van der Waals surface area contributed by atoms with E-state index in [1.165, 1.54) is 0 Å². The van der Waals surface area contributed by atoms with Crippen LogP contribution in [0.1, 0.15) is 11.1 Å². The second-order valence-corrected chi connectivity index (χ2v) is 4.14. The molecule has 0 fully saturated rings. The quantitative estimate of drug-likeness (QED) is 0.834. The van der Waals surface area contributed by atoms with Gasteiger partial charge in [0.05, 0.1) is 6.20 Å². The van der Waals surface area contributed by atoms with Gasteiger partial charge in [0.2, 0.25) is 0 Å². The Morgan fingerprint density at radius 3 is 3.00 bits per heavy atom. The van der Waals surface area contributed by atoms with Crippen LogP contribution in [-0.2, 0) is 13.7 Å². The molecule has 0 aliphatic heterocycles. The fourth-order valence-corrected chi connectivity index (χ4v) is 1.58. The number of nitrogens with zero attached hydrogens (tertiary/aromatic N) is 2. The summed E-state index contributed by atoms with van der Waals surface area (Å²) < 4.78 is 7.37. The van der Waals surface area contributed by atoms with Gasteiger partial charge in [0.1, 0.15) is 17.3 Å². The molecular formula is C12H13N3OS. The van der Waals surface area contributed by atoms with Gasteiger partial charge >= 0.3 is 0 Å². The fourth-order valence-electron chi connectivity index (χ4n) is 1.45. The summed E-state index contributed by atoms with van der Waals surface area (Å²) in [6, 6.07) is 7.43. The monoisotopic (exact) mass is 247 g/mol. The zero-order chi connectivity index (χ0) is 12.3. The van der Waals surface area contributed by atoms with Crippen molar-refractivity contribution in [3.05, 3.63) is 47.8 Å². The number of aryl methyl sites for hydroxylation is 1. The van der Waals surface area contributed by atoms with Crippen LogP contribution in [0.3, 0.4) is 0 Å². The average molecular weight is 247 g/mol. The van der Waals surface area contributed by atoms with E-state index in [-0.39, 0.29) is 0 Å². The van der Waals surface area contributed by atoms with Gasteiger partial charge < -0.3 is 10.5 Å². The standard InChI is InChI=1S/C12H13N3OS/c1-15-7-9(6-14-15)8-16-11-4-2-3-10(5-11)12(13)17/h2-7H,8H2,1H3,(H2,13,17). The molecule has 0 atom stereocenters. The highest BCUT2D eigenvalue weighted by atomic mass is 32.1. The molecule has 1 heterocycles. The van der Waals surface area contributed by atoms with Gasteiger partial charge in [-0.25, -0.2) is 0 Å². The molecule has 5 heteroatoms. The van der Waals surface area contributed by atoms with E-state index in [9.17, 15) is 0 Å². The predicted octanol–water partition coefficient (Wildman–Crippen LogP) is 1.63. The normalized spacial score (nSPS) is 10.2. The molecule has 0 saturated carbocycles. The van der Waals surface area contributed by atoms with Crippen LogP contribution in [0, 0.1) is 0 Å². The molecule has 2 rings (SSSR count). The number of thiocarbonyl (C=S) groups is 1. The lowest BCUT2D eigenvalue weighted by Crippen LogP contribution is -2.09. The maximum Gasteiger partial charge on any atom is 0.120 e. The summed E-state index contributed by atoms with van der Waals surface area (Å²) in [5, 5.41) is 4.07. The molecule has 17 heavy (non-hydrogen) atoms. The molecule has 0 saturated heterocycles. The Morgan fingerprint density at radius 1 is 1.53 bits per heavy atom. The number of nitrogens with two attached hydrogens (primary N) is 1. The largest absolute Gasteiger partial charge is 0.489 e. The lowest BCUT2D eigenvalue weighted by Gasteiger charge is -2.06. The highest BCUT2D eigenvalue weighted by molar-refractivity contribution is 7.80. The molecule has 0 radical (unpaired) electrons. The van der Waals surface area contributed by atoms with Gasteiger partial charge in [0, 0.05) is 24.4 Å². The first-order valence-electron chi connectivity index (χ1n) is 5.15. The Labute approximate surface area is 105 Å². The first-order chi connectivity index (χ1) is 8.15. The summed E-state index contributed by atoms with van der Waals surface area (Å²) in [6.45, 7) is 0.481. The number of ether oxygens (including phenoxy) is 1. The summed E-state index contributed by atoms with van der Waals surface area (Å²) in [7, 11) is 1.87. The third-order valence-corrected chi connectivity index (χ3v) is 2.52. The summed E-state index contributed by atoms with van der Waals surface area (Å²) in [6.07, 6.45) is 3.69. The number of rotatable bonds is 4. The highest BCUT2D eigenvalue weighted by Gasteiger charge is 2.01. The van der Waals surface area contributed by atoms with Gasteiger partial charge in [-0.1, -0.05) is 24.4 Å². The molecule has 0 aliphatic carbocycles. The van der Waals surface area contributed by atoms with E-state index < -0.39 is 0 Å². The van der Waals surface area contributed by atoms with Crippen molar-refractivity contribution in [3.63, 3.8) is 0 Å². The van der Waals surface area contributed by atoms with E-state index in [4.69, 9.17) is 22.7 Å². The van der Waals surface area contributed by atoms with Crippen molar-refractivity contribution in [2.45, 2.75) is 6.61 Å². The third kappa shape index (κ3) is 3.04. The Morgan fingerprint density at radius 2 is 2.35 bits per heavy atom. The topological polar surface area (TPSA) is 53.1 Å². The van der Waals surface area contributed by atoms with Crippen LogP contribution in [0.5, 0.6) is 5.75 Å². The van der Waals surface area contributed by atoms with Crippen LogP contribution < -0.4 is 10.5 Å². The van der Waals surface area contributed by atoms with Crippen molar-refractivity contribution in [3.8, 4) is 5.75 Å². The summed E-state index contributed by atoms with van der Waals surface area (Å²) >= 11 is 4.91. The Balaban J connectivity index is 2.04. The van der Waals surface area contributed by atoms with Crippen LogP contribution in [0.25, 0.3) is 0 Å². The minimum Gasteiger partial charge on any atom is -0.489 e. The van der Waals surface area contributed by atoms with Crippen molar-refractivity contribution in [2.75, 3.05) is 0 Å². The van der Waals surface area contributed by atoms with E-state index in [1.54, 1.807) is 10.9 Å². The molecule has 1 aromatic heterocycles. The van der Waals surface area contributed by atoms with Crippen molar-refractivity contribution in [1.29, 1.82) is 0 Å². The van der Waals surface area contributed by atoms with Gasteiger partial charge in [-0.3, -0.25) is 4.68 Å². The van der Waals surface area contributed by atoms with Crippen LogP contribution in [0.15, 0.2) is 36.7 Å². The third-order valence-electron chi connectivity index (χ3n) is 2.28. The number of hydrogen-bond donors (Lipinski definition) is 1.